The highest BCUT2D eigenvalue weighted by molar-refractivity contribution is 5.59. The summed E-state index contributed by atoms with van der Waals surface area (Å²) in [4.78, 5) is 4.07. The van der Waals surface area contributed by atoms with Gasteiger partial charge in [0, 0.05) is 17.3 Å². The summed E-state index contributed by atoms with van der Waals surface area (Å²) in [5.74, 6) is 0.281. The van der Waals surface area contributed by atoms with Crippen molar-refractivity contribution < 1.29 is 17.6 Å². The summed E-state index contributed by atoms with van der Waals surface area (Å²) in [6, 6.07) is 11.4. The molecule has 0 saturated heterocycles. The summed E-state index contributed by atoms with van der Waals surface area (Å²) in [5.41, 5.74) is 0.209. The molecule has 0 aliphatic heterocycles. The van der Waals surface area contributed by atoms with Gasteiger partial charge in [0.1, 0.15) is 5.69 Å². The van der Waals surface area contributed by atoms with Gasteiger partial charge < -0.3 is 4.42 Å². The summed E-state index contributed by atoms with van der Waals surface area (Å²) in [6.45, 7) is 1.49. The summed E-state index contributed by atoms with van der Waals surface area (Å²) in [7, 11) is 0. The van der Waals surface area contributed by atoms with Gasteiger partial charge >= 0.3 is 6.18 Å². The van der Waals surface area contributed by atoms with E-state index < -0.39 is 11.9 Å². The third-order valence-corrected chi connectivity index (χ3v) is 3.51. The van der Waals surface area contributed by atoms with E-state index in [4.69, 9.17) is 4.42 Å². The van der Waals surface area contributed by atoms with Gasteiger partial charge in [0.25, 0.3) is 5.89 Å². The van der Waals surface area contributed by atoms with Crippen molar-refractivity contribution in [2.24, 2.45) is 0 Å². The molecule has 0 unspecified atom stereocenters. The molecule has 1 aromatic carbocycles. The number of aryl methyl sites for hydroxylation is 1. The summed E-state index contributed by atoms with van der Waals surface area (Å²) < 4.78 is 45.8. The molecule has 9 heteroatoms. The molecule has 4 rings (SSSR count). The molecule has 4 aromatic rings. The molecule has 0 N–H and O–H groups in total. The van der Waals surface area contributed by atoms with Gasteiger partial charge in [-0.2, -0.15) is 18.3 Å². The Kier molecular flexibility index (Phi) is 3.31. The van der Waals surface area contributed by atoms with Crippen LogP contribution in [0.2, 0.25) is 0 Å². The molecule has 0 radical (unpaired) electrons. The van der Waals surface area contributed by atoms with Crippen LogP contribution in [0.5, 0.6) is 0 Å². The maximum absolute atomic E-state index is 13.2. The van der Waals surface area contributed by atoms with Crippen molar-refractivity contribution in [1.82, 2.24) is 24.8 Å². The second-order valence-corrected chi connectivity index (χ2v) is 5.36. The number of hydrogen-bond acceptors (Lipinski definition) is 5. The lowest BCUT2D eigenvalue weighted by molar-refractivity contribution is -0.142. The quantitative estimate of drug-likeness (QED) is 0.553. The maximum Gasteiger partial charge on any atom is 0.433 e. The van der Waals surface area contributed by atoms with Crippen molar-refractivity contribution in [1.29, 1.82) is 0 Å². The molecule has 0 aliphatic rings. The lowest BCUT2D eigenvalue weighted by Gasteiger charge is -2.08. The van der Waals surface area contributed by atoms with Crippen LogP contribution in [-0.2, 0) is 6.18 Å². The molecule has 0 fully saturated rings. The number of aromatic nitrogens is 5. The van der Waals surface area contributed by atoms with E-state index in [0.717, 1.165) is 10.6 Å². The second kappa shape index (κ2) is 5.40. The fraction of sp³-hybridized carbons (Fsp3) is 0.125. The molecule has 3 aromatic heterocycles. The van der Waals surface area contributed by atoms with E-state index in [1.54, 1.807) is 12.1 Å². The van der Waals surface area contributed by atoms with E-state index in [-0.39, 0.29) is 28.8 Å². The first-order valence-electron chi connectivity index (χ1n) is 7.26. The van der Waals surface area contributed by atoms with Gasteiger partial charge in [-0.1, -0.05) is 18.2 Å². The number of halogens is 3. The summed E-state index contributed by atoms with van der Waals surface area (Å²) in [6.07, 6.45) is -4.56. The molecule has 0 bridgehead atoms. The van der Waals surface area contributed by atoms with E-state index in [1.807, 2.05) is 18.2 Å². The topological polar surface area (TPSA) is 69.1 Å². The first-order chi connectivity index (χ1) is 11.9. The Morgan fingerprint density at radius 1 is 1.00 bits per heavy atom. The highest BCUT2D eigenvalue weighted by Gasteiger charge is 2.35. The predicted octanol–water partition coefficient (Wildman–Crippen LogP) is 3.77. The minimum absolute atomic E-state index is 0.0233. The van der Waals surface area contributed by atoms with Crippen molar-refractivity contribution in [3.05, 3.63) is 53.9 Å². The van der Waals surface area contributed by atoms with Crippen LogP contribution in [0.25, 0.3) is 28.7 Å². The maximum atomic E-state index is 13.2. The minimum atomic E-state index is -4.56. The number of benzene rings is 1. The Bertz CT molecular complexity index is 1050. The van der Waals surface area contributed by atoms with E-state index in [2.05, 4.69) is 20.3 Å². The normalized spacial score (nSPS) is 12.0. The molecule has 0 amide bonds. The number of rotatable bonds is 2. The average molecular weight is 345 g/mol. The molecule has 126 valence electrons. The van der Waals surface area contributed by atoms with Gasteiger partial charge in [-0.05, 0) is 25.1 Å². The zero-order valence-electron chi connectivity index (χ0n) is 12.8. The molecule has 0 saturated carbocycles. The van der Waals surface area contributed by atoms with E-state index in [9.17, 15) is 13.2 Å². The molecule has 3 heterocycles. The van der Waals surface area contributed by atoms with E-state index in [0.29, 0.717) is 5.56 Å². The Morgan fingerprint density at radius 2 is 1.72 bits per heavy atom. The van der Waals surface area contributed by atoms with Crippen LogP contribution in [-0.4, -0.2) is 24.8 Å². The molecule has 25 heavy (non-hydrogen) atoms. The van der Waals surface area contributed by atoms with Gasteiger partial charge in [-0.3, -0.25) is 0 Å². The second-order valence-electron chi connectivity index (χ2n) is 5.36. The Morgan fingerprint density at radius 3 is 2.44 bits per heavy atom. The zero-order valence-corrected chi connectivity index (χ0v) is 12.8. The Labute approximate surface area is 139 Å². The van der Waals surface area contributed by atoms with Gasteiger partial charge in [-0.15, -0.1) is 10.2 Å². The van der Waals surface area contributed by atoms with Crippen LogP contribution in [0.1, 0.15) is 11.4 Å². The minimum Gasteiger partial charge on any atom is -0.415 e. The molecule has 0 atom stereocenters. The fourth-order valence-electron chi connectivity index (χ4n) is 2.43. The number of fused-ring (bicyclic) bond motifs is 1. The molecule has 0 aliphatic carbocycles. The van der Waals surface area contributed by atoms with E-state index in [1.165, 1.54) is 13.0 Å². The standard InChI is InChI=1S/C16H10F3N5O/c1-9-7-12(16(17,18)19)24-13(20-9)8-11(23-24)15-22-21-14(25-15)10-5-3-2-4-6-10/h2-8H,1H3. The third-order valence-electron chi connectivity index (χ3n) is 3.51. The number of nitrogens with zero attached hydrogens (tertiary/aromatic N) is 5. The third kappa shape index (κ3) is 2.73. The largest absolute Gasteiger partial charge is 0.433 e. The highest BCUT2D eigenvalue weighted by Crippen LogP contribution is 2.31. The Balaban J connectivity index is 1.82. The molecular weight excluding hydrogens is 335 g/mol. The van der Waals surface area contributed by atoms with Gasteiger partial charge in [0.2, 0.25) is 5.89 Å². The molecule has 6 nitrogen and oxygen atoms in total. The SMILES string of the molecule is Cc1cc(C(F)(F)F)n2nc(-c3nnc(-c4ccccc4)o3)cc2n1. The Hall–Kier alpha value is -3.23. The number of hydrogen-bond donors (Lipinski definition) is 0. The zero-order chi connectivity index (χ0) is 17.6. The average Bonchev–Trinajstić information content (AvgIpc) is 3.20. The highest BCUT2D eigenvalue weighted by atomic mass is 19.4. The van der Waals surface area contributed by atoms with Crippen LogP contribution >= 0.6 is 0 Å². The van der Waals surface area contributed by atoms with Crippen LogP contribution in [0, 0.1) is 6.92 Å². The summed E-state index contributed by atoms with van der Waals surface area (Å²) >= 11 is 0. The van der Waals surface area contributed by atoms with Crippen molar-refractivity contribution >= 4 is 5.65 Å². The fourth-order valence-corrected chi connectivity index (χ4v) is 2.43. The van der Waals surface area contributed by atoms with Crippen molar-refractivity contribution in [2.75, 3.05) is 0 Å². The predicted molar refractivity (Wildman–Crippen MR) is 81.5 cm³/mol. The molecular formula is C16H10F3N5O. The lowest BCUT2D eigenvalue weighted by atomic mass is 10.2. The van der Waals surface area contributed by atoms with Gasteiger partial charge in [-0.25, -0.2) is 9.50 Å². The smallest absolute Gasteiger partial charge is 0.415 e. The van der Waals surface area contributed by atoms with Crippen LogP contribution in [0.4, 0.5) is 13.2 Å². The first kappa shape index (κ1) is 15.3. The lowest BCUT2D eigenvalue weighted by Crippen LogP contribution is -2.13. The van der Waals surface area contributed by atoms with Crippen molar-refractivity contribution in [3.8, 4) is 23.0 Å². The van der Waals surface area contributed by atoms with Crippen LogP contribution in [0.3, 0.4) is 0 Å². The van der Waals surface area contributed by atoms with Crippen molar-refractivity contribution in [3.63, 3.8) is 0 Å². The van der Waals surface area contributed by atoms with Crippen LogP contribution < -0.4 is 0 Å². The van der Waals surface area contributed by atoms with Gasteiger partial charge in [0.15, 0.2) is 11.3 Å². The first-order valence-corrected chi connectivity index (χ1v) is 7.26. The monoisotopic (exact) mass is 345 g/mol. The van der Waals surface area contributed by atoms with Crippen LogP contribution in [0.15, 0.2) is 46.9 Å². The number of alkyl halides is 3. The van der Waals surface area contributed by atoms with E-state index >= 15 is 0 Å². The van der Waals surface area contributed by atoms with Gasteiger partial charge in [0.05, 0.1) is 0 Å². The molecule has 0 spiro atoms. The van der Waals surface area contributed by atoms with Crippen molar-refractivity contribution in [2.45, 2.75) is 13.1 Å². The summed E-state index contributed by atoms with van der Waals surface area (Å²) in [5, 5.41) is 11.7.